The van der Waals surface area contributed by atoms with Gasteiger partial charge in [0.25, 0.3) is 0 Å². The summed E-state index contributed by atoms with van der Waals surface area (Å²) in [5, 5.41) is 2.94. The molecular weight excluding hydrogens is 446 g/mol. The summed E-state index contributed by atoms with van der Waals surface area (Å²) in [6.45, 7) is 6.70. The molecule has 0 radical (unpaired) electrons. The minimum Gasteiger partial charge on any atom is -0.497 e. The highest BCUT2D eigenvalue weighted by Crippen LogP contribution is 2.35. The van der Waals surface area contributed by atoms with Gasteiger partial charge in [0.1, 0.15) is 11.8 Å². The van der Waals surface area contributed by atoms with Crippen molar-refractivity contribution in [2.45, 2.75) is 59.0 Å². The zero-order valence-corrected chi connectivity index (χ0v) is 21.2. The average molecular weight is 484 g/mol. The van der Waals surface area contributed by atoms with Crippen molar-refractivity contribution in [3.63, 3.8) is 0 Å². The second-order valence-electron chi connectivity index (χ2n) is 9.67. The maximum atomic E-state index is 13.5. The molecule has 1 saturated heterocycles. The summed E-state index contributed by atoms with van der Waals surface area (Å²) in [6, 6.07) is 6.70. The molecule has 1 unspecified atom stereocenters. The molecule has 1 aromatic rings. The van der Waals surface area contributed by atoms with Gasteiger partial charge in [0, 0.05) is 26.1 Å². The Hall–Kier alpha value is -3.16. The summed E-state index contributed by atoms with van der Waals surface area (Å²) in [5.74, 6) is -0.496. The van der Waals surface area contributed by atoms with E-state index in [-0.39, 0.29) is 60.9 Å². The summed E-state index contributed by atoms with van der Waals surface area (Å²) in [6.07, 6.45) is 5.45. The van der Waals surface area contributed by atoms with Crippen LogP contribution in [0, 0.1) is 17.8 Å². The number of carbonyl (C=O) groups excluding carboxylic acids is 4. The third kappa shape index (κ3) is 6.29. The first kappa shape index (κ1) is 26.4. The number of imide groups is 1. The Balaban J connectivity index is 1.74. The number of ether oxygens (including phenoxy) is 1. The van der Waals surface area contributed by atoms with Crippen molar-refractivity contribution in [1.29, 1.82) is 0 Å². The van der Waals surface area contributed by atoms with Gasteiger partial charge in [-0.1, -0.05) is 45.1 Å². The van der Waals surface area contributed by atoms with E-state index in [9.17, 15) is 19.2 Å². The van der Waals surface area contributed by atoms with Gasteiger partial charge in [-0.25, -0.2) is 0 Å². The van der Waals surface area contributed by atoms with Gasteiger partial charge in [-0.2, -0.15) is 0 Å². The van der Waals surface area contributed by atoms with Gasteiger partial charge in [0.15, 0.2) is 0 Å². The number of likely N-dealkylation sites (tertiary alicyclic amines) is 1. The molecule has 0 saturated carbocycles. The summed E-state index contributed by atoms with van der Waals surface area (Å²) >= 11 is 0. The van der Waals surface area contributed by atoms with Crippen molar-refractivity contribution in [3.8, 4) is 5.75 Å². The van der Waals surface area contributed by atoms with Crippen LogP contribution in [0.1, 0.15) is 52.0 Å². The third-order valence-electron chi connectivity index (χ3n) is 6.73. The molecule has 8 nitrogen and oxygen atoms in total. The van der Waals surface area contributed by atoms with Gasteiger partial charge in [-0.3, -0.25) is 24.1 Å². The van der Waals surface area contributed by atoms with Crippen LogP contribution >= 0.6 is 0 Å². The molecule has 4 amide bonds. The van der Waals surface area contributed by atoms with Crippen LogP contribution in [-0.4, -0.2) is 59.7 Å². The number of carbonyl (C=O) groups is 4. The molecular formula is C27H37N3O5. The maximum absolute atomic E-state index is 13.5. The Morgan fingerprint density at radius 2 is 1.69 bits per heavy atom. The Morgan fingerprint density at radius 3 is 2.20 bits per heavy atom. The lowest BCUT2D eigenvalue weighted by Gasteiger charge is -2.31. The summed E-state index contributed by atoms with van der Waals surface area (Å²) < 4.78 is 5.22. The standard InChI is InChI=1S/C27H37N3O5/c1-5-23(25(32)28-16-18(2)3)30(17-19-10-12-20(35-4)13-11-19)24(31)14-15-29-26(33)21-8-6-7-9-22(21)27(29)34/h6-7,10-13,18,21-23H,5,8-9,14-17H2,1-4H3,(H,28,32)/t21-,22+,23?. The largest absolute Gasteiger partial charge is 0.497 e. The van der Waals surface area contributed by atoms with Crippen molar-refractivity contribution in [3.05, 3.63) is 42.0 Å². The van der Waals surface area contributed by atoms with E-state index in [2.05, 4.69) is 5.32 Å². The lowest BCUT2D eigenvalue weighted by molar-refractivity contribution is -0.144. The second-order valence-corrected chi connectivity index (χ2v) is 9.67. The van der Waals surface area contributed by atoms with Crippen LogP contribution in [0.4, 0.5) is 0 Å². The molecule has 3 atom stereocenters. The predicted molar refractivity (Wildman–Crippen MR) is 132 cm³/mol. The highest BCUT2D eigenvalue weighted by atomic mass is 16.5. The molecule has 2 aliphatic rings. The fourth-order valence-electron chi connectivity index (χ4n) is 4.71. The average Bonchev–Trinajstić information content (AvgIpc) is 3.10. The molecule has 1 aliphatic carbocycles. The normalized spacial score (nSPS) is 20.1. The predicted octanol–water partition coefficient (Wildman–Crippen LogP) is 2.92. The van der Waals surface area contributed by atoms with Crippen molar-refractivity contribution >= 4 is 23.6 Å². The highest BCUT2D eigenvalue weighted by molar-refractivity contribution is 6.05. The van der Waals surface area contributed by atoms with E-state index in [1.165, 1.54) is 4.90 Å². The zero-order chi connectivity index (χ0) is 25.5. The van der Waals surface area contributed by atoms with Crippen LogP contribution in [0.3, 0.4) is 0 Å². The molecule has 0 aromatic heterocycles. The lowest BCUT2D eigenvalue weighted by atomic mass is 9.85. The van der Waals surface area contributed by atoms with Crippen molar-refractivity contribution < 1.29 is 23.9 Å². The van der Waals surface area contributed by atoms with E-state index in [0.29, 0.717) is 31.6 Å². The minimum atomic E-state index is -0.653. The molecule has 35 heavy (non-hydrogen) atoms. The van der Waals surface area contributed by atoms with Gasteiger partial charge in [0.05, 0.1) is 18.9 Å². The Bertz CT molecular complexity index is 930. The first-order valence-electron chi connectivity index (χ1n) is 12.5. The topological polar surface area (TPSA) is 96.0 Å². The number of allylic oxidation sites excluding steroid dienone is 2. The molecule has 8 heteroatoms. The monoisotopic (exact) mass is 483 g/mol. The number of hydrogen-bond acceptors (Lipinski definition) is 5. The van der Waals surface area contributed by atoms with Crippen LogP contribution in [0.2, 0.25) is 0 Å². The fraction of sp³-hybridized carbons (Fsp3) is 0.556. The number of fused-ring (bicyclic) bond motifs is 1. The summed E-state index contributed by atoms with van der Waals surface area (Å²) in [4.78, 5) is 54.9. The number of nitrogens with one attached hydrogen (secondary N) is 1. The van der Waals surface area contributed by atoms with Crippen molar-refractivity contribution in [2.75, 3.05) is 20.2 Å². The number of methoxy groups -OCH3 is 1. The lowest BCUT2D eigenvalue weighted by Crippen LogP contribution is -2.50. The van der Waals surface area contributed by atoms with Crippen LogP contribution in [0.15, 0.2) is 36.4 Å². The molecule has 1 aliphatic heterocycles. The number of hydrogen-bond donors (Lipinski definition) is 1. The Kier molecular flexibility index (Phi) is 9.07. The third-order valence-corrected chi connectivity index (χ3v) is 6.73. The van der Waals surface area contributed by atoms with Crippen LogP contribution < -0.4 is 10.1 Å². The summed E-state index contributed by atoms with van der Waals surface area (Å²) in [5.41, 5.74) is 0.861. The van der Waals surface area contributed by atoms with Gasteiger partial charge in [-0.15, -0.1) is 0 Å². The molecule has 1 fully saturated rings. The molecule has 0 bridgehead atoms. The second kappa shape index (κ2) is 12.0. The number of nitrogens with zero attached hydrogens (tertiary/aromatic N) is 2. The van der Waals surface area contributed by atoms with Crippen LogP contribution in [-0.2, 0) is 25.7 Å². The molecule has 1 N–H and O–H groups in total. The fourth-order valence-corrected chi connectivity index (χ4v) is 4.71. The van der Waals surface area contributed by atoms with Crippen molar-refractivity contribution in [2.24, 2.45) is 17.8 Å². The van der Waals surface area contributed by atoms with E-state index >= 15 is 0 Å². The SMILES string of the molecule is CCC(C(=O)NCC(C)C)N(Cc1ccc(OC)cc1)C(=O)CCN1C(=O)[C@H]2CC=CC[C@H]2C1=O. The highest BCUT2D eigenvalue weighted by Gasteiger charge is 2.47. The zero-order valence-electron chi connectivity index (χ0n) is 21.2. The first-order chi connectivity index (χ1) is 16.8. The molecule has 1 heterocycles. The Morgan fingerprint density at radius 1 is 1.09 bits per heavy atom. The number of amides is 4. The molecule has 3 rings (SSSR count). The van der Waals surface area contributed by atoms with E-state index in [1.54, 1.807) is 12.0 Å². The molecule has 0 spiro atoms. The number of benzene rings is 1. The van der Waals surface area contributed by atoms with Gasteiger partial charge in [0.2, 0.25) is 23.6 Å². The minimum absolute atomic E-state index is 0.0194. The Labute approximate surface area is 207 Å². The van der Waals surface area contributed by atoms with Gasteiger partial charge >= 0.3 is 0 Å². The van der Waals surface area contributed by atoms with Crippen molar-refractivity contribution in [1.82, 2.24) is 15.1 Å². The first-order valence-corrected chi connectivity index (χ1v) is 12.5. The maximum Gasteiger partial charge on any atom is 0.242 e. The van der Waals surface area contributed by atoms with Crippen LogP contribution in [0.25, 0.3) is 0 Å². The van der Waals surface area contributed by atoms with E-state index in [0.717, 1.165) is 5.56 Å². The van der Waals surface area contributed by atoms with Gasteiger partial charge in [-0.05, 0) is 42.9 Å². The van der Waals surface area contributed by atoms with E-state index in [4.69, 9.17) is 4.74 Å². The number of rotatable bonds is 11. The van der Waals surface area contributed by atoms with Gasteiger partial charge < -0.3 is 15.0 Å². The van der Waals surface area contributed by atoms with E-state index < -0.39 is 6.04 Å². The summed E-state index contributed by atoms with van der Waals surface area (Å²) in [7, 11) is 1.59. The quantitative estimate of drug-likeness (QED) is 0.386. The van der Waals surface area contributed by atoms with Crippen LogP contribution in [0.5, 0.6) is 5.75 Å². The van der Waals surface area contributed by atoms with E-state index in [1.807, 2.05) is 57.2 Å². The molecule has 190 valence electrons. The molecule has 1 aromatic carbocycles. The smallest absolute Gasteiger partial charge is 0.242 e.